The van der Waals surface area contributed by atoms with Crippen LogP contribution in [0, 0.1) is 18.1 Å². The van der Waals surface area contributed by atoms with Crippen LogP contribution in [-0.4, -0.2) is 18.0 Å². The Labute approximate surface area is 299 Å². The topological polar surface area (TPSA) is 38.9 Å². The third kappa shape index (κ3) is 7.76. The van der Waals surface area contributed by atoms with E-state index in [0.29, 0.717) is 5.92 Å². The maximum atomic E-state index is 6.44. The van der Waals surface area contributed by atoms with Crippen molar-refractivity contribution in [3.63, 3.8) is 0 Å². The maximum absolute atomic E-state index is 6.44. The second-order valence-corrected chi connectivity index (χ2v) is 18.7. The number of benzene rings is 4. The first-order valence-electron chi connectivity index (χ1n) is 16.5. The molecular weight excluding hydrogens is 781 g/mol. The Morgan fingerprint density at radius 3 is 2.15 bits per heavy atom. The van der Waals surface area contributed by atoms with Crippen LogP contribution in [0.4, 0.5) is 0 Å². The van der Waals surface area contributed by atoms with Gasteiger partial charge in [-0.2, -0.15) is 0 Å². The fourth-order valence-electron chi connectivity index (χ4n) is 6.23. The first kappa shape index (κ1) is 35.2. The third-order valence-corrected chi connectivity index (χ3v) is 10.7. The van der Waals surface area contributed by atoms with Gasteiger partial charge in [-0.15, -0.1) is 54.1 Å². The molecule has 7 rings (SSSR count). The van der Waals surface area contributed by atoms with Crippen LogP contribution in [-0.2, 0) is 26.5 Å². The summed E-state index contributed by atoms with van der Waals surface area (Å²) in [7, 11) is -1.34. The molecule has 3 nitrogen and oxygen atoms in total. The van der Waals surface area contributed by atoms with E-state index in [4.69, 9.17) is 4.42 Å². The number of aromatic nitrogens is 2. The number of furan rings is 1. The van der Waals surface area contributed by atoms with Gasteiger partial charge in [0.2, 0.25) is 0 Å². The zero-order chi connectivity index (χ0) is 33.0. The Bertz CT molecular complexity index is 2090. The van der Waals surface area contributed by atoms with E-state index >= 15 is 0 Å². The number of hydrogen-bond donors (Lipinski definition) is 0. The number of nitrogens with zero attached hydrogens (tertiary/aromatic N) is 2. The van der Waals surface area contributed by atoms with E-state index in [9.17, 15) is 0 Å². The molecule has 0 aliphatic rings. The average Bonchev–Trinajstić information content (AvgIpc) is 3.48. The summed E-state index contributed by atoms with van der Waals surface area (Å²) < 4.78 is 6.44. The minimum absolute atomic E-state index is 0. The Morgan fingerprint density at radius 2 is 1.46 bits per heavy atom. The number of hydrogen-bond acceptors (Lipinski definition) is 3. The minimum atomic E-state index is -1.34. The molecule has 1 radical (unpaired) electrons. The summed E-state index contributed by atoms with van der Waals surface area (Å²) in [6.45, 7) is 14.0. The summed E-state index contributed by atoms with van der Waals surface area (Å²) in [6.07, 6.45) is 5.04. The van der Waals surface area contributed by atoms with Crippen LogP contribution in [0.25, 0.3) is 44.5 Å². The Kier molecular flexibility index (Phi) is 11.3. The van der Waals surface area contributed by atoms with Crippen LogP contribution in [0.3, 0.4) is 0 Å². The molecule has 3 aromatic heterocycles. The Morgan fingerprint density at radius 1 is 0.708 bits per heavy atom. The molecule has 0 saturated carbocycles. The van der Waals surface area contributed by atoms with Crippen molar-refractivity contribution in [2.45, 2.75) is 52.8 Å². The number of rotatable bonds is 7. The van der Waals surface area contributed by atoms with Crippen molar-refractivity contribution in [3.05, 3.63) is 150 Å². The molecule has 0 saturated heterocycles. The molecule has 0 aliphatic heterocycles. The van der Waals surface area contributed by atoms with Gasteiger partial charge in [-0.25, -0.2) is 0 Å². The van der Waals surface area contributed by atoms with Gasteiger partial charge in [0.05, 0.1) is 13.7 Å². The van der Waals surface area contributed by atoms with Gasteiger partial charge in [0.15, 0.2) is 0 Å². The van der Waals surface area contributed by atoms with E-state index in [2.05, 4.69) is 129 Å². The minimum Gasteiger partial charge on any atom is -0.500 e. The summed E-state index contributed by atoms with van der Waals surface area (Å²) in [5.74, 6) is 0.915. The normalized spacial score (nSPS) is 12.0. The van der Waals surface area contributed by atoms with Crippen LogP contribution in [0.5, 0.6) is 0 Å². The third-order valence-electron chi connectivity index (χ3n) is 8.59. The van der Waals surface area contributed by atoms with Crippen LogP contribution >= 0.6 is 0 Å². The molecule has 0 bridgehead atoms. The van der Waals surface area contributed by atoms with E-state index in [0.717, 1.165) is 50.9 Å². The molecule has 245 valence electrons. The SMILES string of the molecule is CC(C)Cc1cc(-c2[c-]cccc2)ncc1[Si](C)(C)C.CC(c1ccccc1)c1cccc2c1oc1c(-c3ccccn3)[c-]ccc12.[Ir]. The van der Waals surface area contributed by atoms with Gasteiger partial charge < -0.3 is 14.4 Å². The first-order valence-corrected chi connectivity index (χ1v) is 20.0. The quantitative estimate of drug-likeness (QED) is 0.119. The number of pyridine rings is 2. The number of fused-ring (bicyclic) bond motifs is 3. The summed E-state index contributed by atoms with van der Waals surface area (Å²) >= 11 is 0. The van der Waals surface area contributed by atoms with E-state index in [1.807, 2.05) is 48.5 Å². The predicted molar refractivity (Wildman–Crippen MR) is 200 cm³/mol. The average molecular weight is 823 g/mol. The van der Waals surface area contributed by atoms with Crippen molar-refractivity contribution in [3.8, 4) is 22.5 Å². The Balaban J connectivity index is 0.000000193. The molecule has 5 heteroatoms. The van der Waals surface area contributed by atoms with Crippen molar-refractivity contribution in [2.75, 3.05) is 0 Å². The molecule has 0 N–H and O–H groups in total. The molecule has 4 aromatic carbocycles. The molecule has 1 atom stereocenters. The maximum Gasteiger partial charge on any atom is 0.124 e. The van der Waals surface area contributed by atoms with E-state index in [1.54, 1.807) is 6.20 Å². The van der Waals surface area contributed by atoms with Crippen molar-refractivity contribution in [1.29, 1.82) is 0 Å². The molecule has 0 aliphatic carbocycles. The van der Waals surface area contributed by atoms with Crippen LogP contribution in [0.15, 0.2) is 126 Å². The molecule has 48 heavy (non-hydrogen) atoms. The summed E-state index contributed by atoms with van der Waals surface area (Å²) in [4.78, 5) is 9.17. The molecule has 7 aromatic rings. The molecule has 0 amide bonds. The van der Waals surface area contributed by atoms with Crippen LogP contribution < -0.4 is 5.19 Å². The van der Waals surface area contributed by atoms with Crippen molar-refractivity contribution >= 4 is 35.2 Å². The van der Waals surface area contributed by atoms with Gasteiger partial charge >= 0.3 is 0 Å². The van der Waals surface area contributed by atoms with Crippen molar-refractivity contribution in [1.82, 2.24) is 9.97 Å². The van der Waals surface area contributed by atoms with E-state index in [1.165, 1.54) is 21.9 Å². The second kappa shape index (κ2) is 15.4. The molecule has 0 spiro atoms. The predicted octanol–water partition coefficient (Wildman–Crippen LogP) is 10.9. The van der Waals surface area contributed by atoms with Gasteiger partial charge in [-0.1, -0.05) is 124 Å². The molecule has 0 fully saturated rings. The van der Waals surface area contributed by atoms with Gasteiger partial charge in [-0.3, -0.25) is 0 Å². The fraction of sp³-hybridized carbons (Fsp3) is 0.209. The summed E-state index contributed by atoms with van der Waals surface area (Å²) in [5, 5.41) is 3.73. The largest absolute Gasteiger partial charge is 0.500 e. The zero-order valence-corrected chi connectivity index (χ0v) is 31.9. The van der Waals surface area contributed by atoms with Crippen molar-refractivity contribution < 1.29 is 24.5 Å². The molecular formula is C43H42IrN2OSi-2. The van der Waals surface area contributed by atoms with Crippen molar-refractivity contribution in [2.24, 2.45) is 5.92 Å². The van der Waals surface area contributed by atoms with E-state index in [-0.39, 0.29) is 26.0 Å². The van der Waals surface area contributed by atoms with Gasteiger partial charge in [-0.05, 0) is 40.5 Å². The first-order chi connectivity index (χ1) is 22.7. The van der Waals surface area contributed by atoms with Gasteiger partial charge in [0.25, 0.3) is 0 Å². The molecule has 1 unspecified atom stereocenters. The summed E-state index contributed by atoms with van der Waals surface area (Å²) in [6, 6.07) is 43.8. The number of para-hydroxylation sites is 1. The van der Waals surface area contributed by atoms with Crippen LogP contribution in [0.2, 0.25) is 19.6 Å². The van der Waals surface area contributed by atoms with Crippen LogP contribution in [0.1, 0.15) is 43.4 Å². The fourth-order valence-corrected chi connectivity index (χ4v) is 7.82. The van der Waals surface area contributed by atoms with Gasteiger partial charge in [0.1, 0.15) is 5.58 Å². The van der Waals surface area contributed by atoms with Gasteiger partial charge in [0, 0.05) is 49.4 Å². The standard InChI is InChI=1S/C25H18NO.C18H24NSi.Ir/c1-17(18-9-3-2-4-10-18)19-11-7-12-20-21-13-8-14-22(25(21)27-24(19)20)23-15-5-6-16-26-23;1-14(2)11-16-12-17(15-9-7-6-8-10-15)19-13-18(16)20(3,4)5;/h2-13,15-17H,1H3;6-9,12-14H,11H2,1-5H3;/q2*-1;. The zero-order valence-electron chi connectivity index (χ0n) is 28.5. The molecule has 3 heterocycles. The second-order valence-electron chi connectivity index (χ2n) is 13.6. The summed E-state index contributed by atoms with van der Waals surface area (Å²) in [5.41, 5.74) is 9.65. The monoisotopic (exact) mass is 823 g/mol. The Hall–Kier alpha value is -4.15. The smallest absolute Gasteiger partial charge is 0.124 e. The van der Waals surface area contributed by atoms with E-state index < -0.39 is 8.07 Å².